The van der Waals surface area contributed by atoms with Crippen molar-refractivity contribution < 1.29 is 14.3 Å². The van der Waals surface area contributed by atoms with Gasteiger partial charge in [0.1, 0.15) is 5.60 Å². The van der Waals surface area contributed by atoms with E-state index in [0.717, 1.165) is 10.6 Å². The van der Waals surface area contributed by atoms with Crippen LogP contribution in [0.5, 0.6) is 0 Å². The van der Waals surface area contributed by atoms with E-state index in [9.17, 15) is 10.0 Å². The van der Waals surface area contributed by atoms with E-state index in [1.165, 1.54) is 0 Å². The number of carbonyl (C=O) groups is 1. The summed E-state index contributed by atoms with van der Waals surface area (Å²) in [5.74, 6) is 0. The third kappa shape index (κ3) is 3.88. The van der Waals surface area contributed by atoms with Crippen LogP contribution in [0.3, 0.4) is 0 Å². The molecule has 0 saturated carbocycles. The zero-order chi connectivity index (χ0) is 16.4. The quantitative estimate of drug-likeness (QED) is 0.728. The maximum absolute atomic E-state index is 12.1. The van der Waals surface area contributed by atoms with Crippen LogP contribution >= 0.6 is 0 Å². The highest BCUT2D eigenvalue weighted by Gasteiger charge is 2.31. The van der Waals surface area contributed by atoms with Gasteiger partial charge in [-0.1, -0.05) is 19.6 Å². The molecule has 1 rings (SSSR count). The Morgan fingerprint density at radius 2 is 1.95 bits per heavy atom. The molecular formula is C16H24NO4-. The molecule has 1 aliphatic rings. The van der Waals surface area contributed by atoms with E-state index in [1.807, 2.05) is 6.92 Å². The monoisotopic (exact) mass is 294 g/mol. The molecule has 0 aromatic rings. The first-order chi connectivity index (χ1) is 9.62. The number of carbonyl (C=O) groups excluding carboxylic acids is 1. The minimum absolute atomic E-state index is 0.480. The first-order valence-electron chi connectivity index (χ1n) is 7.02. The third-order valence-electron chi connectivity index (χ3n) is 3.30. The fraction of sp³-hybridized carbons (Fsp3) is 0.562. The molecule has 0 aliphatic carbocycles. The van der Waals surface area contributed by atoms with Crippen molar-refractivity contribution in [3.63, 3.8) is 0 Å². The van der Waals surface area contributed by atoms with Gasteiger partial charge in [-0.2, -0.15) is 0 Å². The van der Waals surface area contributed by atoms with Gasteiger partial charge in [-0.15, -0.1) is 0 Å². The van der Waals surface area contributed by atoms with Crippen LogP contribution in [-0.2, 0) is 9.47 Å². The van der Waals surface area contributed by atoms with Gasteiger partial charge in [0, 0.05) is 17.0 Å². The molecule has 5 heteroatoms. The van der Waals surface area contributed by atoms with Crippen molar-refractivity contribution in [1.82, 2.24) is 5.06 Å². The first-order valence-corrected chi connectivity index (χ1v) is 7.02. The van der Waals surface area contributed by atoms with Crippen molar-refractivity contribution in [2.75, 3.05) is 0 Å². The molecule has 1 unspecified atom stereocenters. The fourth-order valence-electron chi connectivity index (χ4n) is 2.27. The predicted octanol–water partition coefficient (Wildman–Crippen LogP) is 4.26. The van der Waals surface area contributed by atoms with E-state index in [0.29, 0.717) is 23.4 Å². The summed E-state index contributed by atoms with van der Waals surface area (Å²) in [5, 5.41) is 13.0. The highest BCUT2D eigenvalue weighted by atomic mass is 16.7. The van der Waals surface area contributed by atoms with Crippen molar-refractivity contribution >= 4 is 6.16 Å². The summed E-state index contributed by atoms with van der Waals surface area (Å²) in [7, 11) is 0. The molecule has 0 saturated heterocycles. The predicted molar refractivity (Wildman–Crippen MR) is 82.2 cm³/mol. The molecule has 1 atom stereocenters. The van der Waals surface area contributed by atoms with Gasteiger partial charge in [0.2, 0.25) is 0 Å². The number of hydroxylamine groups is 2. The molecule has 1 heterocycles. The van der Waals surface area contributed by atoms with Gasteiger partial charge in [-0.3, -0.25) is 0 Å². The van der Waals surface area contributed by atoms with Crippen LogP contribution in [0.4, 0.5) is 4.79 Å². The molecule has 0 fully saturated rings. The normalized spacial score (nSPS) is 19.8. The number of ether oxygens (including phenoxy) is 2. The van der Waals surface area contributed by atoms with Crippen LogP contribution in [0.2, 0.25) is 0 Å². The molecule has 0 aromatic heterocycles. The van der Waals surface area contributed by atoms with Crippen LogP contribution in [0.25, 0.3) is 0 Å². The summed E-state index contributed by atoms with van der Waals surface area (Å²) in [6.07, 6.45) is 0.783. The van der Waals surface area contributed by atoms with E-state index < -0.39 is 17.9 Å². The average molecular weight is 294 g/mol. The van der Waals surface area contributed by atoms with Gasteiger partial charge < -0.3 is 19.7 Å². The van der Waals surface area contributed by atoms with Crippen LogP contribution in [0.15, 0.2) is 35.2 Å². The highest BCUT2D eigenvalue weighted by Crippen LogP contribution is 2.34. The van der Waals surface area contributed by atoms with Gasteiger partial charge in [-0.05, 0) is 46.6 Å². The summed E-state index contributed by atoms with van der Waals surface area (Å²) in [5.41, 5.74) is 1.76. The Kier molecular flexibility index (Phi) is 5.23. The lowest BCUT2D eigenvalue weighted by Crippen LogP contribution is -2.34. The Labute approximate surface area is 126 Å². The maximum Gasteiger partial charge on any atom is 0.509 e. The van der Waals surface area contributed by atoms with Crippen molar-refractivity contribution in [1.29, 1.82) is 0 Å². The molecule has 0 bridgehead atoms. The Morgan fingerprint density at radius 3 is 2.38 bits per heavy atom. The van der Waals surface area contributed by atoms with Crippen LogP contribution in [0.1, 0.15) is 48.0 Å². The number of hydrogen-bond acceptors (Lipinski definition) is 5. The molecule has 0 amide bonds. The number of nitrogens with zero attached hydrogens (tertiary/aromatic N) is 1. The minimum Gasteiger partial charge on any atom is -0.754 e. The maximum atomic E-state index is 12.1. The summed E-state index contributed by atoms with van der Waals surface area (Å²) in [6.45, 7) is 14.4. The topological polar surface area (TPSA) is 61.8 Å². The molecule has 1 aliphatic heterocycles. The molecule has 5 nitrogen and oxygen atoms in total. The summed E-state index contributed by atoms with van der Waals surface area (Å²) in [4.78, 5) is 11.9. The SMILES string of the molecule is C=CC1=C(C)N([O-])C(C)=C(CC)C1OC(=O)OC(C)(C)C. The van der Waals surface area contributed by atoms with E-state index in [4.69, 9.17) is 9.47 Å². The molecule has 0 radical (unpaired) electrons. The van der Waals surface area contributed by atoms with Gasteiger partial charge >= 0.3 is 6.16 Å². The molecule has 118 valence electrons. The molecule has 21 heavy (non-hydrogen) atoms. The minimum atomic E-state index is -0.752. The molecule has 0 spiro atoms. The summed E-state index contributed by atoms with van der Waals surface area (Å²) >= 11 is 0. The van der Waals surface area contributed by atoms with Gasteiger partial charge in [0.25, 0.3) is 0 Å². The Morgan fingerprint density at radius 1 is 1.38 bits per heavy atom. The second-order valence-corrected chi connectivity index (χ2v) is 5.97. The second-order valence-electron chi connectivity index (χ2n) is 5.97. The summed E-state index contributed by atoms with van der Waals surface area (Å²) in [6, 6.07) is 0. The standard InChI is InChI=1S/C16H24NO4/c1-8-12-10(3)17(19)11(4)13(9-2)14(12)20-15(18)21-16(5,6)7/h8,14H,1,9H2,2-7H3/q-1. The van der Waals surface area contributed by atoms with Crippen molar-refractivity contribution in [2.24, 2.45) is 0 Å². The number of rotatable bonds is 3. The molecule has 0 N–H and O–H groups in total. The zero-order valence-corrected chi connectivity index (χ0v) is 13.6. The van der Waals surface area contributed by atoms with E-state index in [2.05, 4.69) is 6.58 Å². The van der Waals surface area contributed by atoms with Crippen LogP contribution in [-0.4, -0.2) is 22.9 Å². The van der Waals surface area contributed by atoms with Crippen LogP contribution < -0.4 is 0 Å². The highest BCUT2D eigenvalue weighted by molar-refractivity contribution is 5.62. The van der Waals surface area contributed by atoms with Crippen molar-refractivity contribution in [3.8, 4) is 0 Å². The van der Waals surface area contributed by atoms with Crippen LogP contribution in [0, 0.1) is 5.21 Å². The van der Waals surface area contributed by atoms with E-state index in [-0.39, 0.29) is 0 Å². The first kappa shape index (κ1) is 17.3. The lowest BCUT2D eigenvalue weighted by Gasteiger charge is -2.42. The Hall–Kier alpha value is -1.75. The largest absolute Gasteiger partial charge is 0.754 e. The second kappa shape index (κ2) is 6.35. The van der Waals surface area contributed by atoms with Crippen molar-refractivity contribution in [3.05, 3.63) is 40.4 Å². The smallest absolute Gasteiger partial charge is 0.509 e. The lowest BCUT2D eigenvalue weighted by atomic mass is 9.92. The van der Waals surface area contributed by atoms with Gasteiger partial charge in [-0.25, -0.2) is 4.79 Å². The number of allylic oxidation sites excluding steroid dienone is 2. The zero-order valence-electron chi connectivity index (χ0n) is 13.6. The lowest BCUT2D eigenvalue weighted by molar-refractivity contribution is -0.0156. The van der Waals surface area contributed by atoms with Gasteiger partial charge in [0.05, 0.1) is 0 Å². The summed E-state index contributed by atoms with van der Waals surface area (Å²) < 4.78 is 10.6. The fourth-order valence-corrected chi connectivity index (χ4v) is 2.27. The number of hydrogen-bond donors (Lipinski definition) is 0. The van der Waals surface area contributed by atoms with Crippen molar-refractivity contribution in [2.45, 2.75) is 59.7 Å². The Bertz CT molecular complexity index is 497. The van der Waals surface area contributed by atoms with E-state index >= 15 is 0 Å². The Balaban J connectivity index is 3.11. The molecule has 0 aromatic carbocycles. The molecular weight excluding hydrogens is 270 g/mol. The van der Waals surface area contributed by atoms with Gasteiger partial charge in [0.15, 0.2) is 6.10 Å². The third-order valence-corrected chi connectivity index (χ3v) is 3.30. The average Bonchev–Trinajstić information content (AvgIpc) is 2.35. The van der Waals surface area contributed by atoms with E-state index in [1.54, 1.807) is 40.7 Å².